The van der Waals surface area contributed by atoms with Crippen LogP contribution < -0.4 is 10.1 Å². The average Bonchev–Trinajstić information content (AvgIpc) is 2.40. The maximum absolute atomic E-state index is 5.92. The van der Waals surface area contributed by atoms with Crippen LogP contribution in [0.2, 0.25) is 0 Å². The summed E-state index contributed by atoms with van der Waals surface area (Å²) in [5.74, 6) is 0.931. The Morgan fingerprint density at radius 2 is 1.75 bits per heavy atom. The highest BCUT2D eigenvalue weighted by Crippen LogP contribution is 2.17. The van der Waals surface area contributed by atoms with E-state index >= 15 is 0 Å². The van der Waals surface area contributed by atoms with Crippen molar-refractivity contribution >= 4 is 5.69 Å². The van der Waals surface area contributed by atoms with Gasteiger partial charge < -0.3 is 10.1 Å². The van der Waals surface area contributed by atoms with Crippen molar-refractivity contribution in [3.05, 3.63) is 59.2 Å². The lowest BCUT2D eigenvalue weighted by Crippen LogP contribution is -2.23. The van der Waals surface area contributed by atoms with Gasteiger partial charge in [0.1, 0.15) is 11.9 Å². The second kappa shape index (κ2) is 6.47. The van der Waals surface area contributed by atoms with E-state index in [1.54, 1.807) is 0 Å². The van der Waals surface area contributed by atoms with Crippen LogP contribution in [-0.4, -0.2) is 12.6 Å². The number of aryl methyl sites for hydroxylation is 3. The Morgan fingerprint density at radius 3 is 2.50 bits per heavy atom. The first-order chi connectivity index (χ1) is 9.54. The number of anilines is 1. The smallest absolute Gasteiger partial charge is 0.120 e. The molecular formula is C18H23NO. The van der Waals surface area contributed by atoms with E-state index in [-0.39, 0.29) is 6.10 Å². The van der Waals surface area contributed by atoms with Crippen molar-refractivity contribution in [3.63, 3.8) is 0 Å². The summed E-state index contributed by atoms with van der Waals surface area (Å²) in [7, 11) is 0. The SMILES string of the molecule is Cc1cccc(O[C@@H](C)CNc2cc(C)ccc2C)c1. The molecule has 0 saturated carbocycles. The van der Waals surface area contributed by atoms with E-state index in [2.05, 4.69) is 63.3 Å². The molecule has 0 amide bonds. The summed E-state index contributed by atoms with van der Waals surface area (Å²) < 4.78 is 5.92. The molecule has 0 aliphatic heterocycles. The molecule has 0 bridgehead atoms. The van der Waals surface area contributed by atoms with Crippen molar-refractivity contribution in [1.29, 1.82) is 0 Å². The Bertz CT molecular complexity index is 577. The van der Waals surface area contributed by atoms with Gasteiger partial charge in [-0.15, -0.1) is 0 Å². The van der Waals surface area contributed by atoms with Crippen LogP contribution in [0.3, 0.4) is 0 Å². The molecule has 20 heavy (non-hydrogen) atoms. The molecule has 0 aliphatic rings. The van der Waals surface area contributed by atoms with E-state index in [1.165, 1.54) is 22.4 Å². The average molecular weight is 269 g/mol. The summed E-state index contributed by atoms with van der Waals surface area (Å²) in [4.78, 5) is 0. The van der Waals surface area contributed by atoms with Crippen molar-refractivity contribution in [1.82, 2.24) is 0 Å². The van der Waals surface area contributed by atoms with Crippen molar-refractivity contribution in [2.24, 2.45) is 0 Å². The number of hydrogen-bond acceptors (Lipinski definition) is 2. The van der Waals surface area contributed by atoms with Gasteiger partial charge in [0.25, 0.3) is 0 Å². The standard InChI is InChI=1S/C18H23NO/c1-13-6-5-7-17(10-13)20-16(4)12-19-18-11-14(2)8-9-15(18)3/h5-11,16,19H,12H2,1-4H3/t16-/m0/s1. The molecule has 0 fully saturated rings. The Balaban J connectivity index is 1.92. The largest absolute Gasteiger partial charge is 0.489 e. The first-order valence-electron chi connectivity index (χ1n) is 7.09. The van der Waals surface area contributed by atoms with Crippen LogP contribution in [0.1, 0.15) is 23.6 Å². The molecule has 0 aromatic heterocycles. The lowest BCUT2D eigenvalue weighted by atomic mass is 10.1. The van der Waals surface area contributed by atoms with Crippen LogP contribution in [0.25, 0.3) is 0 Å². The molecule has 2 aromatic carbocycles. The Morgan fingerprint density at radius 1 is 1.00 bits per heavy atom. The lowest BCUT2D eigenvalue weighted by Gasteiger charge is -2.17. The Kier molecular flexibility index (Phi) is 4.67. The minimum atomic E-state index is 0.122. The van der Waals surface area contributed by atoms with Gasteiger partial charge in [0.05, 0.1) is 6.54 Å². The van der Waals surface area contributed by atoms with Gasteiger partial charge in [0.2, 0.25) is 0 Å². The molecule has 2 rings (SSSR count). The van der Waals surface area contributed by atoms with E-state index in [0.29, 0.717) is 0 Å². The zero-order valence-electron chi connectivity index (χ0n) is 12.7. The fourth-order valence-corrected chi connectivity index (χ4v) is 2.14. The number of hydrogen-bond donors (Lipinski definition) is 1. The molecule has 0 radical (unpaired) electrons. The fraction of sp³-hybridized carbons (Fsp3) is 0.333. The van der Waals surface area contributed by atoms with E-state index in [1.807, 2.05) is 12.1 Å². The molecule has 2 heteroatoms. The van der Waals surface area contributed by atoms with E-state index < -0.39 is 0 Å². The van der Waals surface area contributed by atoms with Crippen molar-refractivity contribution < 1.29 is 4.74 Å². The van der Waals surface area contributed by atoms with Gasteiger partial charge in [-0.25, -0.2) is 0 Å². The first-order valence-corrected chi connectivity index (χ1v) is 7.09. The maximum atomic E-state index is 5.92. The van der Waals surface area contributed by atoms with Crippen molar-refractivity contribution in [2.45, 2.75) is 33.8 Å². The van der Waals surface area contributed by atoms with Gasteiger partial charge in [-0.05, 0) is 62.6 Å². The van der Waals surface area contributed by atoms with Crippen molar-refractivity contribution in [3.8, 4) is 5.75 Å². The summed E-state index contributed by atoms with van der Waals surface area (Å²) in [6, 6.07) is 14.6. The van der Waals surface area contributed by atoms with Crippen LogP contribution in [0.15, 0.2) is 42.5 Å². The molecule has 1 N–H and O–H groups in total. The van der Waals surface area contributed by atoms with E-state index in [4.69, 9.17) is 4.74 Å². The summed E-state index contributed by atoms with van der Waals surface area (Å²) >= 11 is 0. The molecule has 2 aromatic rings. The number of benzene rings is 2. The van der Waals surface area contributed by atoms with E-state index in [9.17, 15) is 0 Å². The fourth-order valence-electron chi connectivity index (χ4n) is 2.14. The molecule has 0 unspecified atom stereocenters. The van der Waals surface area contributed by atoms with Crippen LogP contribution in [0.5, 0.6) is 5.75 Å². The normalized spacial score (nSPS) is 12.0. The van der Waals surface area contributed by atoms with Gasteiger partial charge in [0.15, 0.2) is 0 Å². The van der Waals surface area contributed by atoms with Crippen LogP contribution in [0.4, 0.5) is 5.69 Å². The zero-order valence-corrected chi connectivity index (χ0v) is 12.7. The van der Waals surface area contributed by atoms with Crippen LogP contribution in [-0.2, 0) is 0 Å². The van der Waals surface area contributed by atoms with Crippen LogP contribution in [0, 0.1) is 20.8 Å². The third-order valence-electron chi connectivity index (χ3n) is 3.30. The second-order valence-electron chi connectivity index (χ2n) is 5.44. The van der Waals surface area contributed by atoms with Crippen molar-refractivity contribution in [2.75, 3.05) is 11.9 Å². The third-order valence-corrected chi connectivity index (χ3v) is 3.30. The second-order valence-corrected chi connectivity index (χ2v) is 5.44. The molecule has 0 spiro atoms. The van der Waals surface area contributed by atoms with E-state index in [0.717, 1.165) is 12.3 Å². The third kappa shape index (κ3) is 4.02. The van der Waals surface area contributed by atoms with Gasteiger partial charge in [0, 0.05) is 5.69 Å². The van der Waals surface area contributed by atoms with Gasteiger partial charge in [-0.1, -0.05) is 24.3 Å². The molecule has 0 saturated heterocycles. The Labute approximate surface area is 121 Å². The van der Waals surface area contributed by atoms with Gasteiger partial charge in [-0.3, -0.25) is 0 Å². The maximum Gasteiger partial charge on any atom is 0.120 e. The molecule has 0 heterocycles. The minimum Gasteiger partial charge on any atom is -0.489 e. The summed E-state index contributed by atoms with van der Waals surface area (Å²) in [6.07, 6.45) is 0.122. The molecule has 106 valence electrons. The number of rotatable bonds is 5. The topological polar surface area (TPSA) is 21.3 Å². The summed E-state index contributed by atoms with van der Waals surface area (Å²) in [5.41, 5.74) is 4.94. The molecule has 2 nitrogen and oxygen atoms in total. The Hall–Kier alpha value is -1.96. The number of nitrogens with one attached hydrogen (secondary N) is 1. The highest BCUT2D eigenvalue weighted by molar-refractivity contribution is 5.52. The lowest BCUT2D eigenvalue weighted by molar-refractivity contribution is 0.234. The quantitative estimate of drug-likeness (QED) is 0.863. The monoisotopic (exact) mass is 269 g/mol. The molecule has 0 aliphatic carbocycles. The summed E-state index contributed by atoms with van der Waals surface area (Å²) in [6.45, 7) is 9.18. The number of ether oxygens (including phenoxy) is 1. The molecular weight excluding hydrogens is 246 g/mol. The predicted octanol–water partition coefficient (Wildman–Crippen LogP) is 4.49. The van der Waals surface area contributed by atoms with Gasteiger partial charge in [-0.2, -0.15) is 0 Å². The highest BCUT2D eigenvalue weighted by Gasteiger charge is 2.05. The predicted molar refractivity (Wildman–Crippen MR) is 85.7 cm³/mol. The zero-order chi connectivity index (χ0) is 14.5. The summed E-state index contributed by atoms with van der Waals surface area (Å²) in [5, 5.41) is 3.46. The highest BCUT2D eigenvalue weighted by atomic mass is 16.5. The van der Waals surface area contributed by atoms with Crippen LogP contribution >= 0.6 is 0 Å². The first kappa shape index (κ1) is 14.4. The minimum absolute atomic E-state index is 0.122. The molecule has 1 atom stereocenters. The van der Waals surface area contributed by atoms with Gasteiger partial charge >= 0.3 is 0 Å².